The van der Waals surface area contributed by atoms with Gasteiger partial charge in [-0.3, -0.25) is 29.4 Å². The summed E-state index contributed by atoms with van der Waals surface area (Å²) in [6, 6.07) is 12.6. The van der Waals surface area contributed by atoms with E-state index in [0.717, 1.165) is 16.2 Å². The predicted octanol–water partition coefficient (Wildman–Crippen LogP) is 5.09. The van der Waals surface area contributed by atoms with Crippen LogP contribution in [-0.2, 0) is 4.79 Å². The van der Waals surface area contributed by atoms with Gasteiger partial charge in [0.15, 0.2) is 22.4 Å². The first-order valence-corrected chi connectivity index (χ1v) is 11.5. The third-order valence-corrected chi connectivity index (χ3v) is 7.09. The number of aliphatic hydroxyl groups excluding tert-OH is 1. The summed E-state index contributed by atoms with van der Waals surface area (Å²) < 4.78 is 5.68. The molecule has 0 spiro atoms. The highest BCUT2D eigenvalue weighted by molar-refractivity contribution is 7.17. The number of rotatable bonds is 6. The molecule has 180 valence electrons. The van der Waals surface area contributed by atoms with Gasteiger partial charge in [-0.1, -0.05) is 29.5 Å². The van der Waals surface area contributed by atoms with Gasteiger partial charge in [0, 0.05) is 24.4 Å². The lowest BCUT2D eigenvalue weighted by Gasteiger charge is -2.24. The molecule has 0 radical (unpaired) electrons. The molecule has 11 heteroatoms. The first kappa shape index (κ1) is 23.1. The van der Waals surface area contributed by atoms with E-state index in [9.17, 15) is 29.6 Å². The number of nitrogens with zero attached hydrogens (tertiary/aromatic N) is 3. The van der Waals surface area contributed by atoms with Crippen LogP contribution in [-0.4, -0.2) is 32.5 Å². The van der Waals surface area contributed by atoms with Gasteiger partial charge in [-0.2, -0.15) is 0 Å². The van der Waals surface area contributed by atoms with E-state index in [2.05, 4.69) is 4.98 Å². The molecular formula is C25H17N3O7S. The fourth-order valence-electron chi connectivity index (χ4n) is 4.17. The molecule has 1 atom stereocenters. The number of benzene rings is 2. The number of para-hydroxylation sites is 1. The summed E-state index contributed by atoms with van der Waals surface area (Å²) in [5, 5.41) is 22.8. The zero-order chi connectivity index (χ0) is 25.7. The molecule has 1 aliphatic rings. The Morgan fingerprint density at radius 3 is 2.47 bits per heavy atom. The number of nitro benzene ring substituents is 1. The van der Waals surface area contributed by atoms with Crippen molar-refractivity contribution in [3.8, 4) is 0 Å². The monoisotopic (exact) mass is 503 g/mol. The molecule has 36 heavy (non-hydrogen) atoms. The van der Waals surface area contributed by atoms with Gasteiger partial charge in [0.25, 0.3) is 11.6 Å². The molecule has 0 saturated carbocycles. The maximum Gasteiger partial charge on any atom is 0.296 e. The summed E-state index contributed by atoms with van der Waals surface area (Å²) in [5.74, 6) is -2.73. The number of non-ortho nitro benzene ring substituents is 1. The standard InChI is InChI=1S/C25H17N3O7S/c1-12-23(13(2)29)36-25(26-12)27-20(14-7-9-16(10-8-14)28(33)34)19(22(31)24(27)32)21(30)18-11-15-5-3-4-6-17(15)35-18/h3-11,20,31H,1-2H3. The van der Waals surface area contributed by atoms with Crippen LogP contribution in [0.15, 0.2) is 70.3 Å². The number of carbonyl (C=O) groups excluding carboxylic acids is 3. The van der Waals surface area contributed by atoms with Gasteiger partial charge in [0.2, 0.25) is 5.78 Å². The Morgan fingerprint density at radius 2 is 1.86 bits per heavy atom. The lowest BCUT2D eigenvalue weighted by atomic mass is 9.95. The second-order valence-electron chi connectivity index (χ2n) is 8.13. The second kappa shape index (κ2) is 8.54. The molecule has 3 heterocycles. The molecule has 0 fully saturated rings. The number of nitro groups is 1. The Labute approximate surface area is 207 Å². The molecule has 2 aromatic carbocycles. The normalized spacial score (nSPS) is 15.7. The number of Topliss-reactive ketones (excluding diaryl/α,β-unsaturated/α-hetero) is 2. The van der Waals surface area contributed by atoms with Crippen molar-refractivity contribution in [3.63, 3.8) is 0 Å². The number of furan rings is 1. The van der Waals surface area contributed by atoms with Crippen molar-refractivity contribution >= 4 is 50.6 Å². The number of fused-ring (bicyclic) bond motifs is 1. The molecule has 2 aromatic heterocycles. The minimum atomic E-state index is -1.16. The lowest BCUT2D eigenvalue weighted by molar-refractivity contribution is -0.384. The quantitative estimate of drug-likeness (QED) is 0.218. The Morgan fingerprint density at radius 1 is 1.17 bits per heavy atom. The van der Waals surface area contributed by atoms with Crippen LogP contribution in [0.3, 0.4) is 0 Å². The Hall–Kier alpha value is -4.64. The van der Waals surface area contributed by atoms with Crippen LogP contribution in [0.2, 0.25) is 0 Å². The number of aromatic nitrogens is 1. The fourth-order valence-corrected chi connectivity index (χ4v) is 5.16. The third-order valence-electron chi connectivity index (χ3n) is 5.83. The van der Waals surface area contributed by atoms with E-state index in [1.165, 1.54) is 37.3 Å². The highest BCUT2D eigenvalue weighted by Gasteiger charge is 2.47. The van der Waals surface area contributed by atoms with Crippen LogP contribution in [0.1, 0.15) is 44.4 Å². The first-order chi connectivity index (χ1) is 17.2. The summed E-state index contributed by atoms with van der Waals surface area (Å²) in [6.45, 7) is 2.99. The smallest absolute Gasteiger partial charge is 0.296 e. The highest BCUT2D eigenvalue weighted by atomic mass is 32.1. The molecule has 0 bridgehead atoms. The van der Waals surface area contributed by atoms with Gasteiger partial charge in [0.1, 0.15) is 5.58 Å². The largest absolute Gasteiger partial charge is 0.503 e. The highest BCUT2D eigenvalue weighted by Crippen LogP contribution is 2.44. The summed E-state index contributed by atoms with van der Waals surface area (Å²) >= 11 is 0.954. The number of anilines is 1. The first-order valence-electron chi connectivity index (χ1n) is 10.7. The SMILES string of the molecule is CC(=O)c1sc(N2C(=O)C(O)=C(C(=O)c3cc4ccccc4o3)C2c2ccc([N+](=O)[O-])cc2)nc1C. The van der Waals surface area contributed by atoms with E-state index < -0.39 is 28.4 Å². The van der Waals surface area contributed by atoms with Crippen molar-refractivity contribution < 1.29 is 28.8 Å². The molecule has 10 nitrogen and oxygen atoms in total. The summed E-state index contributed by atoms with van der Waals surface area (Å²) in [5.41, 5.74) is 0.738. The molecular weight excluding hydrogens is 486 g/mol. The average molecular weight is 503 g/mol. The zero-order valence-electron chi connectivity index (χ0n) is 18.9. The van der Waals surface area contributed by atoms with E-state index in [-0.39, 0.29) is 27.9 Å². The number of thiazole rings is 1. The van der Waals surface area contributed by atoms with Crippen molar-refractivity contribution in [2.24, 2.45) is 0 Å². The van der Waals surface area contributed by atoms with Gasteiger partial charge < -0.3 is 9.52 Å². The van der Waals surface area contributed by atoms with Crippen LogP contribution >= 0.6 is 11.3 Å². The van der Waals surface area contributed by atoms with Crippen molar-refractivity contribution in [2.45, 2.75) is 19.9 Å². The molecule has 0 aliphatic carbocycles. The van der Waals surface area contributed by atoms with Gasteiger partial charge in [0.05, 0.1) is 27.1 Å². The van der Waals surface area contributed by atoms with E-state index in [1.807, 2.05) is 0 Å². The molecule has 1 amide bonds. The number of carbonyl (C=O) groups is 3. The number of hydrogen-bond donors (Lipinski definition) is 1. The average Bonchev–Trinajstić information content (AvgIpc) is 3.53. The summed E-state index contributed by atoms with van der Waals surface area (Å²) in [7, 11) is 0. The van der Waals surface area contributed by atoms with Crippen LogP contribution < -0.4 is 4.90 Å². The van der Waals surface area contributed by atoms with Crippen molar-refractivity contribution in [3.05, 3.63) is 97.9 Å². The van der Waals surface area contributed by atoms with Gasteiger partial charge >= 0.3 is 0 Å². The fraction of sp³-hybridized carbons (Fsp3) is 0.120. The molecule has 4 aromatic rings. The van der Waals surface area contributed by atoms with Gasteiger partial charge in [-0.05, 0) is 36.8 Å². The van der Waals surface area contributed by atoms with Crippen molar-refractivity contribution in [1.82, 2.24) is 4.98 Å². The predicted molar refractivity (Wildman–Crippen MR) is 130 cm³/mol. The third kappa shape index (κ3) is 3.66. The van der Waals surface area contributed by atoms with Crippen LogP contribution in [0.5, 0.6) is 0 Å². The van der Waals surface area contributed by atoms with E-state index in [1.54, 1.807) is 31.2 Å². The number of aliphatic hydroxyl groups is 1. The molecule has 1 aliphatic heterocycles. The lowest BCUT2D eigenvalue weighted by Crippen LogP contribution is -2.31. The number of amides is 1. The van der Waals surface area contributed by atoms with Crippen LogP contribution in [0.25, 0.3) is 11.0 Å². The van der Waals surface area contributed by atoms with E-state index in [4.69, 9.17) is 4.42 Å². The molecule has 0 saturated heterocycles. The minimum Gasteiger partial charge on any atom is -0.503 e. The van der Waals surface area contributed by atoms with Crippen LogP contribution in [0.4, 0.5) is 10.8 Å². The summed E-state index contributed by atoms with van der Waals surface area (Å²) in [4.78, 5) is 55.3. The Balaban J connectivity index is 1.67. The zero-order valence-corrected chi connectivity index (χ0v) is 19.7. The summed E-state index contributed by atoms with van der Waals surface area (Å²) in [6.07, 6.45) is 0. The van der Waals surface area contributed by atoms with Crippen molar-refractivity contribution in [2.75, 3.05) is 4.90 Å². The number of ketones is 2. The van der Waals surface area contributed by atoms with Crippen molar-refractivity contribution in [1.29, 1.82) is 0 Å². The Bertz CT molecular complexity index is 1580. The van der Waals surface area contributed by atoms with Gasteiger partial charge in [-0.25, -0.2) is 4.98 Å². The molecule has 1 unspecified atom stereocenters. The molecule has 5 rings (SSSR count). The maximum absolute atomic E-state index is 13.6. The topological polar surface area (TPSA) is 144 Å². The van der Waals surface area contributed by atoms with Gasteiger partial charge in [-0.15, -0.1) is 0 Å². The van der Waals surface area contributed by atoms with E-state index in [0.29, 0.717) is 27.1 Å². The number of hydrogen-bond acceptors (Lipinski definition) is 9. The maximum atomic E-state index is 13.6. The second-order valence-corrected chi connectivity index (χ2v) is 9.11. The molecule has 1 N–H and O–H groups in total. The van der Waals surface area contributed by atoms with E-state index >= 15 is 0 Å². The number of aryl methyl sites for hydroxylation is 1. The Kier molecular flexibility index (Phi) is 5.48. The van der Waals surface area contributed by atoms with Crippen LogP contribution in [0, 0.1) is 17.0 Å². The minimum absolute atomic E-state index is 0.0842.